The van der Waals surface area contributed by atoms with Crippen LogP contribution >= 0.6 is 0 Å². The zero-order chi connectivity index (χ0) is 19.4. The lowest BCUT2D eigenvalue weighted by molar-refractivity contribution is 0.215. The van der Waals surface area contributed by atoms with Crippen molar-refractivity contribution >= 4 is 27.9 Å². The SMILES string of the molecule is CC1CCN(C)c2ccnc3cc(F)c(nc23)-n2c(=O)[nH]c3nccc(c32)O1. The molecule has 5 heterocycles. The minimum absolute atomic E-state index is 0.113. The minimum Gasteiger partial charge on any atom is -0.488 e. The summed E-state index contributed by atoms with van der Waals surface area (Å²) in [6.07, 6.45) is 3.79. The Morgan fingerprint density at radius 3 is 2.96 bits per heavy atom. The van der Waals surface area contributed by atoms with E-state index in [0.717, 1.165) is 12.1 Å². The molecule has 4 aromatic rings. The number of anilines is 1. The fourth-order valence-corrected chi connectivity index (χ4v) is 3.56. The van der Waals surface area contributed by atoms with Gasteiger partial charge < -0.3 is 9.64 Å². The maximum Gasteiger partial charge on any atom is 0.333 e. The van der Waals surface area contributed by atoms with Gasteiger partial charge in [0.25, 0.3) is 0 Å². The van der Waals surface area contributed by atoms with Gasteiger partial charge in [-0.2, -0.15) is 0 Å². The summed E-state index contributed by atoms with van der Waals surface area (Å²) >= 11 is 0. The van der Waals surface area contributed by atoms with Crippen molar-refractivity contribution in [2.24, 2.45) is 0 Å². The van der Waals surface area contributed by atoms with Gasteiger partial charge in [-0.1, -0.05) is 0 Å². The minimum atomic E-state index is -0.650. The number of pyridine rings is 3. The molecular formula is C19H17FN6O2. The lowest BCUT2D eigenvalue weighted by Crippen LogP contribution is -2.26. The number of nitrogens with one attached hydrogen (secondary N) is 1. The molecule has 9 heteroatoms. The van der Waals surface area contributed by atoms with Crippen molar-refractivity contribution in [3.05, 3.63) is 46.9 Å². The zero-order valence-electron chi connectivity index (χ0n) is 15.3. The second-order valence-electron chi connectivity index (χ2n) is 6.90. The predicted octanol–water partition coefficient (Wildman–Crippen LogP) is 2.40. The number of hydrogen-bond acceptors (Lipinski definition) is 6. The second kappa shape index (κ2) is 6.01. The van der Waals surface area contributed by atoms with Crippen LogP contribution in [0.15, 0.2) is 35.4 Å². The van der Waals surface area contributed by atoms with Crippen molar-refractivity contribution in [2.45, 2.75) is 19.4 Å². The Bertz CT molecular complexity index is 1280. The molecule has 142 valence electrons. The maximum atomic E-state index is 15.0. The van der Waals surface area contributed by atoms with Gasteiger partial charge in [0.05, 0.1) is 17.3 Å². The molecule has 0 saturated heterocycles. The topological polar surface area (TPSA) is 88.9 Å². The molecule has 1 atom stereocenters. The van der Waals surface area contributed by atoms with Gasteiger partial charge in [-0.25, -0.2) is 23.7 Å². The smallest absolute Gasteiger partial charge is 0.333 e. The van der Waals surface area contributed by atoms with Crippen LogP contribution in [0.25, 0.3) is 28.0 Å². The van der Waals surface area contributed by atoms with Crippen LogP contribution in [-0.4, -0.2) is 44.2 Å². The van der Waals surface area contributed by atoms with E-state index in [0.29, 0.717) is 34.5 Å². The Morgan fingerprint density at radius 1 is 1.29 bits per heavy atom. The van der Waals surface area contributed by atoms with Crippen LogP contribution in [0.4, 0.5) is 10.1 Å². The fraction of sp³-hybridized carbons (Fsp3) is 0.263. The number of imidazole rings is 1. The monoisotopic (exact) mass is 380 g/mol. The molecule has 1 unspecified atom stereocenters. The van der Waals surface area contributed by atoms with Crippen molar-refractivity contribution in [3.63, 3.8) is 0 Å². The van der Waals surface area contributed by atoms with Crippen LogP contribution in [0.2, 0.25) is 0 Å². The van der Waals surface area contributed by atoms with E-state index in [1.807, 2.05) is 24.9 Å². The standard InChI is InChI=1S/C19H17FN6O2/c1-10-5-8-25(2)13-3-6-21-12-9-11(20)18(23-15(12)13)26-16-14(28-10)4-7-22-17(16)24-19(26)27/h3-4,6-7,9-10H,5,8H2,1-2H3,(H,22,24,27). The number of aromatic amines is 1. The third-order valence-electron chi connectivity index (χ3n) is 4.99. The summed E-state index contributed by atoms with van der Waals surface area (Å²) in [5, 5.41) is 0. The van der Waals surface area contributed by atoms with Gasteiger partial charge in [0.1, 0.15) is 16.8 Å². The average molecular weight is 380 g/mol. The van der Waals surface area contributed by atoms with Crippen LogP contribution in [0, 0.1) is 5.82 Å². The number of halogens is 1. The third-order valence-corrected chi connectivity index (χ3v) is 4.99. The molecule has 0 aromatic carbocycles. The van der Waals surface area contributed by atoms with E-state index in [4.69, 9.17) is 4.74 Å². The quantitative estimate of drug-likeness (QED) is 0.504. The van der Waals surface area contributed by atoms with Crippen molar-refractivity contribution < 1.29 is 9.13 Å². The van der Waals surface area contributed by atoms with E-state index < -0.39 is 11.5 Å². The van der Waals surface area contributed by atoms with E-state index in [2.05, 4.69) is 19.9 Å². The van der Waals surface area contributed by atoms with Gasteiger partial charge in [0.15, 0.2) is 17.3 Å². The molecule has 28 heavy (non-hydrogen) atoms. The van der Waals surface area contributed by atoms with Gasteiger partial charge in [-0.05, 0) is 13.0 Å². The number of fused-ring (bicyclic) bond motifs is 2. The molecule has 0 amide bonds. The molecule has 8 nitrogen and oxygen atoms in total. The first-order chi connectivity index (χ1) is 13.5. The van der Waals surface area contributed by atoms with E-state index in [1.54, 1.807) is 18.5 Å². The molecule has 1 N–H and O–H groups in total. The normalized spacial score (nSPS) is 16.8. The number of aromatic nitrogens is 5. The molecule has 0 aliphatic carbocycles. The number of hydrogen-bond donors (Lipinski definition) is 1. The first-order valence-corrected chi connectivity index (χ1v) is 8.96. The second-order valence-corrected chi connectivity index (χ2v) is 6.90. The summed E-state index contributed by atoms with van der Waals surface area (Å²) in [7, 11) is 1.94. The Balaban J connectivity index is 1.93. The van der Waals surface area contributed by atoms with Crippen LogP contribution < -0.4 is 15.3 Å². The molecule has 2 bridgehead atoms. The van der Waals surface area contributed by atoms with Gasteiger partial charge >= 0.3 is 5.69 Å². The summed E-state index contributed by atoms with van der Waals surface area (Å²) in [5.41, 5.74) is 1.92. The summed E-state index contributed by atoms with van der Waals surface area (Å²) in [5.74, 6) is -0.313. The first-order valence-electron chi connectivity index (χ1n) is 8.96. The lowest BCUT2D eigenvalue weighted by Gasteiger charge is -2.24. The molecule has 5 rings (SSSR count). The van der Waals surface area contributed by atoms with Crippen LogP contribution in [0.3, 0.4) is 0 Å². The highest BCUT2D eigenvalue weighted by Crippen LogP contribution is 2.30. The lowest BCUT2D eigenvalue weighted by atomic mass is 10.2. The summed E-state index contributed by atoms with van der Waals surface area (Å²) in [6, 6.07) is 4.80. The molecule has 0 spiro atoms. The molecule has 1 aliphatic rings. The van der Waals surface area contributed by atoms with Gasteiger partial charge in [-0.3, -0.25) is 9.97 Å². The average Bonchev–Trinajstić information content (AvgIpc) is 3.01. The Labute approximate surface area is 158 Å². The Hall–Kier alpha value is -3.49. The first kappa shape index (κ1) is 16.7. The molecule has 0 fully saturated rings. The molecule has 4 aromatic heterocycles. The highest BCUT2D eigenvalue weighted by molar-refractivity contribution is 5.89. The van der Waals surface area contributed by atoms with Crippen molar-refractivity contribution in [1.29, 1.82) is 0 Å². The van der Waals surface area contributed by atoms with Gasteiger partial charge in [0.2, 0.25) is 0 Å². The van der Waals surface area contributed by atoms with E-state index in [1.165, 1.54) is 10.6 Å². The molecule has 1 aliphatic heterocycles. The van der Waals surface area contributed by atoms with Crippen molar-refractivity contribution in [1.82, 2.24) is 24.5 Å². The fourth-order valence-electron chi connectivity index (χ4n) is 3.56. The summed E-state index contributed by atoms with van der Waals surface area (Å²) < 4.78 is 22.2. The maximum absolute atomic E-state index is 15.0. The molecule has 0 radical (unpaired) electrons. The van der Waals surface area contributed by atoms with Gasteiger partial charge in [-0.15, -0.1) is 0 Å². The zero-order valence-corrected chi connectivity index (χ0v) is 15.3. The van der Waals surface area contributed by atoms with Crippen molar-refractivity contribution in [2.75, 3.05) is 18.5 Å². The van der Waals surface area contributed by atoms with Gasteiger partial charge in [0, 0.05) is 44.5 Å². The molecule has 0 saturated carbocycles. The van der Waals surface area contributed by atoms with E-state index in [9.17, 15) is 9.18 Å². The van der Waals surface area contributed by atoms with Crippen LogP contribution in [0.1, 0.15) is 13.3 Å². The van der Waals surface area contributed by atoms with Crippen molar-refractivity contribution in [3.8, 4) is 11.6 Å². The van der Waals surface area contributed by atoms with E-state index in [-0.39, 0.29) is 11.9 Å². The highest BCUT2D eigenvalue weighted by atomic mass is 19.1. The highest BCUT2D eigenvalue weighted by Gasteiger charge is 2.22. The number of ether oxygens (including phenoxy) is 1. The largest absolute Gasteiger partial charge is 0.488 e. The molecular weight excluding hydrogens is 363 g/mol. The summed E-state index contributed by atoms with van der Waals surface area (Å²) in [6.45, 7) is 2.67. The number of nitrogens with zero attached hydrogens (tertiary/aromatic N) is 5. The number of H-pyrrole nitrogens is 1. The Kier molecular flexibility index (Phi) is 3.58. The Morgan fingerprint density at radius 2 is 2.11 bits per heavy atom. The predicted molar refractivity (Wildman–Crippen MR) is 103 cm³/mol. The van der Waals surface area contributed by atoms with Crippen LogP contribution in [0.5, 0.6) is 5.75 Å². The summed E-state index contributed by atoms with van der Waals surface area (Å²) in [4.78, 5) is 30.3. The third kappa shape index (κ3) is 2.43. The van der Waals surface area contributed by atoms with Crippen LogP contribution in [-0.2, 0) is 0 Å². The van der Waals surface area contributed by atoms with E-state index >= 15 is 0 Å². The number of rotatable bonds is 0.